The molecule has 6 nitrogen and oxygen atoms in total. The molecule has 0 spiro atoms. The van der Waals surface area contributed by atoms with Gasteiger partial charge in [-0.3, -0.25) is 4.79 Å². The highest BCUT2D eigenvalue weighted by atomic mass is 32.2. The van der Waals surface area contributed by atoms with Crippen LogP contribution in [0.3, 0.4) is 0 Å². The summed E-state index contributed by atoms with van der Waals surface area (Å²) in [4.78, 5) is 12.2. The van der Waals surface area contributed by atoms with Gasteiger partial charge in [-0.2, -0.15) is 8.75 Å². The van der Waals surface area contributed by atoms with E-state index in [1.165, 1.54) is 6.07 Å². The molecule has 1 aromatic heterocycles. The second-order valence-electron chi connectivity index (χ2n) is 5.51. The van der Waals surface area contributed by atoms with Crippen LogP contribution in [0.2, 0.25) is 0 Å². The number of nitrogens with zero attached hydrogens (tertiary/aromatic N) is 2. The normalized spacial score (nSPS) is 11.6. The molecule has 0 fully saturated rings. The van der Waals surface area contributed by atoms with Gasteiger partial charge in [0, 0.05) is 5.69 Å². The molecule has 0 unspecified atom stereocenters. The van der Waals surface area contributed by atoms with Crippen LogP contribution in [0.25, 0.3) is 11.0 Å². The van der Waals surface area contributed by atoms with E-state index in [9.17, 15) is 13.2 Å². The van der Waals surface area contributed by atoms with Gasteiger partial charge in [0.2, 0.25) is 5.91 Å². The summed E-state index contributed by atoms with van der Waals surface area (Å²) >= 11 is 0.943. The highest BCUT2D eigenvalue weighted by Gasteiger charge is 2.23. The molecule has 8 heteroatoms. The first kappa shape index (κ1) is 16.5. The minimum Gasteiger partial charge on any atom is -0.325 e. The van der Waals surface area contributed by atoms with Crippen LogP contribution in [-0.4, -0.2) is 28.8 Å². The number of carbonyl (C=O) groups excluding carboxylic acids is 1. The van der Waals surface area contributed by atoms with Crippen molar-refractivity contribution in [3.05, 3.63) is 47.5 Å². The van der Waals surface area contributed by atoms with Gasteiger partial charge in [-0.05, 0) is 37.6 Å². The number of carbonyl (C=O) groups is 1. The predicted octanol–water partition coefficient (Wildman–Crippen LogP) is 2.72. The number of fused-ring (bicyclic) bond motifs is 1. The SMILES string of the molecule is Cc1ccc(NC(=O)CS(=O)(=O)c2cccc3nsnc23)c(C)c1. The first-order chi connectivity index (χ1) is 11.4. The van der Waals surface area contributed by atoms with E-state index in [1.807, 2.05) is 26.0 Å². The van der Waals surface area contributed by atoms with E-state index in [1.54, 1.807) is 18.2 Å². The molecule has 0 radical (unpaired) electrons. The van der Waals surface area contributed by atoms with Crippen molar-refractivity contribution in [3.8, 4) is 0 Å². The minimum atomic E-state index is -3.81. The van der Waals surface area contributed by atoms with Gasteiger partial charge < -0.3 is 5.32 Å². The zero-order valence-electron chi connectivity index (χ0n) is 13.1. The first-order valence-electron chi connectivity index (χ1n) is 7.18. The molecule has 0 aliphatic carbocycles. The Morgan fingerprint density at radius 3 is 2.71 bits per heavy atom. The molecule has 0 atom stereocenters. The summed E-state index contributed by atoms with van der Waals surface area (Å²) in [5, 5.41) is 2.65. The van der Waals surface area contributed by atoms with Crippen molar-refractivity contribution in [3.63, 3.8) is 0 Å². The van der Waals surface area contributed by atoms with Crippen LogP contribution in [0, 0.1) is 13.8 Å². The average molecular weight is 361 g/mol. The van der Waals surface area contributed by atoms with Gasteiger partial charge >= 0.3 is 0 Å². The molecular weight excluding hydrogens is 346 g/mol. The van der Waals surface area contributed by atoms with E-state index in [2.05, 4.69) is 14.1 Å². The van der Waals surface area contributed by atoms with Gasteiger partial charge in [-0.15, -0.1) is 0 Å². The van der Waals surface area contributed by atoms with E-state index >= 15 is 0 Å². The van der Waals surface area contributed by atoms with Crippen LogP contribution in [0.4, 0.5) is 5.69 Å². The van der Waals surface area contributed by atoms with Crippen molar-refractivity contribution >= 4 is 44.2 Å². The number of sulfone groups is 1. The fourth-order valence-electron chi connectivity index (χ4n) is 2.42. The molecule has 1 heterocycles. The number of hydrogen-bond acceptors (Lipinski definition) is 6. The van der Waals surface area contributed by atoms with Crippen LogP contribution in [-0.2, 0) is 14.6 Å². The van der Waals surface area contributed by atoms with E-state index in [4.69, 9.17) is 0 Å². The lowest BCUT2D eigenvalue weighted by atomic mass is 10.1. The third-order valence-corrected chi connectivity index (χ3v) is 5.75. The number of anilines is 1. The van der Waals surface area contributed by atoms with Crippen LogP contribution < -0.4 is 5.32 Å². The van der Waals surface area contributed by atoms with E-state index in [-0.39, 0.29) is 4.90 Å². The molecule has 0 saturated carbocycles. The molecule has 2 aromatic carbocycles. The minimum absolute atomic E-state index is 0.0320. The maximum atomic E-state index is 12.6. The second-order valence-corrected chi connectivity index (χ2v) is 8.00. The van der Waals surface area contributed by atoms with Crippen LogP contribution in [0.1, 0.15) is 11.1 Å². The number of amides is 1. The van der Waals surface area contributed by atoms with Gasteiger partial charge in [0.05, 0.1) is 16.6 Å². The molecule has 1 N–H and O–H groups in total. The van der Waals surface area contributed by atoms with Gasteiger partial charge in [-0.1, -0.05) is 23.8 Å². The number of hydrogen-bond donors (Lipinski definition) is 1. The summed E-state index contributed by atoms with van der Waals surface area (Å²) in [6.45, 7) is 3.81. The summed E-state index contributed by atoms with van der Waals surface area (Å²) < 4.78 is 33.2. The summed E-state index contributed by atoms with van der Waals surface area (Å²) in [5.74, 6) is -1.22. The van der Waals surface area contributed by atoms with E-state index in [0.717, 1.165) is 22.9 Å². The van der Waals surface area contributed by atoms with Gasteiger partial charge in [0.1, 0.15) is 16.8 Å². The second kappa shape index (κ2) is 6.29. The van der Waals surface area contributed by atoms with Crippen molar-refractivity contribution in [1.29, 1.82) is 0 Å². The third-order valence-electron chi connectivity index (χ3n) is 3.56. The molecule has 3 aromatic rings. The Morgan fingerprint density at radius 1 is 1.17 bits per heavy atom. The highest BCUT2D eigenvalue weighted by Crippen LogP contribution is 2.23. The molecule has 24 heavy (non-hydrogen) atoms. The maximum Gasteiger partial charge on any atom is 0.239 e. The molecule has 124 valence electrons. The topological polar surface area (TPSA) is 89.0 Å². The summed E-state index contributed by atoms with van der Waals surface area (Å²) in [7, 11) is -3.81. The number of nitrogens with one attached hydrogen (secondary N) is 1. The molecule has 0 bridgehead atoms. The van der Waals surface area contributed by atoms with Crippen molar-refractivity contribution in [1.82, 2.24) is 8.75 Å². The Bertz CT molecular complexity index is 1030. The number of rotatable bonds is 4. The van der Waals surface area contributed by atoms with Crippen LogP contribution >= 0.6 is 11.7 Å². The van der Waals surface area contributed by atoms with E-state index < -0.39 is 21.5 Å². The van der Waals surface area contributed by atoms with Crippen molar-refractivity contribution in [2.45, 2.75) is 18.7 Å². The number of aryl methyl sites for hydroxylation is 2. The first-order valence-corrected chi connectivity index (χ1v) is 9.56. The Kier molecular flexibility index (Phi) is 4.33. The number of benzene rings is 2. The Balaban J connectivity index is 1.84. The fraction of sp³-hybridized carbons (Fsp3) is 0.188. The molecule has 0 aliphatic rings. The highest BCUT2D eigenvalue weighted by molar-refractivity contribution is 7.92. The van der Waals surface area contributed by atoms with E-state index in [0.29, 0.717) is 16.7 Å². The molecule has 3 rings (SSSR count). The van der Waals surface area contributed by atoms with Gasteiger partial charge in [-0.25, -0.2) is 8.42 Å². The fourth-order valence-corrected chi connectivity index (χ4v) is 4.33. The van der Waals surface area contributed by atoms with Crippen LogP contribution in [0.5, 0.6) is 0 Å². The standard InChI is InChI=1S/C16H15N3O3S2/c1-10-6-7-12(11(2)8-10)17-15(20)9-24(21,22)14-5-3-4-13-16(14)19-23-18-13/h3-8H,9H2,1-2H3,(H,17,20). The molecular formula is C16H15N3O3S2. The lowest BCUT2D eigenvalue weighted by Gasteiger charge is -2.10. The maximum absolute atomic E-state index is 12.6. The van der Waals surface area contributed by atoms with Gasteiger partial charge in [0.15, 0.2) is 9.84 Å². The Labute approximate surface area is 143 Å². The quantitative estimate of drug-likeness (QED) is 0.772. The summed E-state index contributed by atoms with van der Waals surface area (Å²) in [6, 6.07) is 10.3. The molecule has 0 saturated heterocycles. The van der Waals surface area contributed by atoms with Gasteiger partial charge in [0.25, 0.3) is 0 Å². The summed E-state index contributed by atoms with van der Waals surface area (Å²) in [6.07, 6.45) is 0. The van der Waals surface area contributed by atoms with Crippen LogP contribution in [0.15, 0.2) is 41.3 Å². The van der Waals surface area contributed by atoms with Crippen molar-refractivity contribution in [2.75, 3.05) is 11.1 Å². The number of aromatic nitrogens is 2. The molecule has 0 aliphatic heterocycles. The molecule has 1 amide bonds. The zero-order chi connectivity index (χ0) is 17.3. The average Bonchev–Trinajstić information content (AvgIpc) is 2.97. The third kappa shape index (κ3) is 3.29. The van der Waals surface area contributed by atoms with Crippen molar-refractivity contribution < 1.29 is 13.2 Å². The predicted molar refractivity (Wildman–Crippen MR) is 94.0 cm³/mol. The zero-order valence-corrected chi connectivity index (χ0v) is 14.7. The largest absolute Gasteiger partial charge is 0.325 e. The van der Waals surface area contributed by atoms with Crippen molar-refractivity contribution in [2.24, 2.45) is 0 Å². The lowest BCUT2D eigenvalue weighted by molar-refractivity contribution is -0.113. The smallest absolute Gasteiger partial charge is 0.239 e. The lowest BCUT2D eigenvalue weighted by Crippen LogP contribution is -2.23. The Hall–Kier alpha value is -2.32. The monoisotopic (exact) mass is 361 g/mol. The summed E-state index contributed by atoms with van der Waals surface area (Å²) in [5.41, 5.74) is 3.37. The Morgan fingerprint density at radius 2 is 1.96 bits per heavy atom.